The van der Waals surface area contributed by atoms with Gasteiger partial charge in [-0.25, -0.2) is 0 Å². The zero-order valence-corrected chi connectivity index (χ0v) is 12.1. The molecule has 0 amide bonds. The largest absolute Gasteiger partial charge is 0.493 e. The third kappa shape index (κ3) is 2.12. The van der Waals surface area contributed by atoms with Crippen LogP contribution in [0, 0.1) is 0 Å². The second-order valence-electron chi connectivity index (χ2n) is 3.96. The number of thiophene rings is 1. The van der Waals surface area contributed by atoms with E-state index in [2.05, 4.69) is 34.1 Å². The fourth-order valence-electron chi connectivity index (χ4n) is 2.07. The molecule has 0 fully saturated rings. The summed E-state index contributed by atoms with van der Waals surface area (Å²) in [7, 11) is 0. The Balaban J connectivity index is 2.09. The molecule has 1 atom stereocenters. The number of ether oxygens (including phenoxy) is 1. The molecule has 1 aromatic carbocycles. The van der Waals surface area contributed by atoms with Gasteiger partial charge >= 0.3 is 0 Å². The lowest BCUT2D eigenvalue weighted by Gasteiger charge is -2.13. The minimum Gasteiger partial charge on any atom is -0.493 e. The van der Waals surface area contributed by atoms with Gasteiger partial charge in [0, 0.05) is 21.3 Å². The van der Waals surface area contributed by atoms with Gasteiger partial charge in [0.25, 0.3) is 0 Å². The van der Waals surface area contributed by atoms with E-state index >= 15 is 0 Å². The molecule has 1 aromatic heterocycles. The van der Waals surface area contributed by atoms with Crippen molar-refractivity contribution in [2.45, 2.75) is 11.8 Å². The van der Waals surface area contributed by atoms with Crippen molar-refractivity contribution in [1.82, 2.24) is 0 Å². The lowest BCUT2D eigenvalue weighted by atomic mass is 10.0. The number of benzene rings is 1. The Kier molecular flexibility index (Phi) is 3.16. The van der Waals surface area contributed by atoms with Gasteiger partial charge in [-0.05, 0) is 29.1 Å². The van der Waals surface area contributed by atoms with E-state index in [1.807, 2.05) is 11.4 Å². The van der Waals surface area contributed by atoms with Gasteiger partial charge in [-0.1, -0.05) is 22.0 Å². The maximum absolute atomic E-state index is 6.54. The number of hydrogen-bond donors (Lipinski definition) is 0. The van der Waals surface area contributed by atoms with Crippen LogP contribution >= 0.6 is 38.9 Å². The minimum atomic E-state index is -0.126. The van der Waals surface area contributed by atoms with Crippen LogP contribution in [0.25, 0.3) is 0 Å². The van der Waals surface area contributed by atoms with E-state index in [-0.39, 0.29) is 5.38 Å². The lowest BCUT2D eigenvalue weighted by Crippen LogP contribution is -1.95. The molecular formula is C13H10BrClOS. The van der Waals surface area contributed by atoms with Crippen LogP contribution in [-0.2, 0) is 6.42 Å². The number of rotatable bonds is 2. The molecular weight excluding hydrogens is 320 g/mol. The van der Waals surface area contributed by atoms with E-state index in [9.17, 15) is 0 Å². The van der Waals surface area contributed by atoms with Crippen LogP contribution in [-0.4, -0.2) is 6.61 Å². The fraction of sp³-hybridized carbons (Fsp3) is 0.231. The minimum absolute atomic E-state index is 0.126. The monoisotopic (exact) mass is 328 g/mol. The maximum atomic E-state index is 6.54. The summed E-state index contributed by atoms with van der Waals surface area (Å²) in [6, 6.07) is 8.25. The molecule has 0 radical (unpaired) electrons. The smallest absolute Gasteiger partial charge is 0.127 e. The standard InChI is InChI=1S/C13H10BrClOS/c14-9-6-8-3-4-16-13(8)10(7-9)12(15)11-2-1-5-17-11/h1-2,5-7,12H,3-4H2. The van der Waals surface area contributed by atoms with Gasteiger partial charge in [0.05, 0.1) is 12.0 Å². The van der Waals surface area contributed by atoms with Crippen LogP contribution in [0.3, 0.4) is 0 Å². The Morgan fingerprint density at radius 3 is 3.06 bits per heavy atom. The Hall–Kier alpha value is -0.510. The fourth-order valence-corrected chi connectivity index (χ4v) is 3.70. The zero-order chi connectivity index (χ0) is 11.8. The quantitative estimate of drug-likeness (QED) is 0.721. The summed E-state index contributed by atoms with van der Waals surface area (Å²) in [5, 5.41) is 1.92. The van der Waals surface area contributed by atoms with Gasteiger partial charge in [0.2, 0.25) is 0 Å². The highest BCUT2D eigenvalue weighted by Crippen LogP contribution is 2.42. The molecule has 1 aliphatic heterocycles. The van der Waals surface area contributed by atoms with Crippen molar-refractivity contribution in [3.63, 3.8) is 0 Å². The lowest BCUT2D eigenvalue weighted by molar-refractivity contribution is 0.353. The average molecular weight is 330 g/mol. The SMILES string of the molecule is ClC(c1cccs1)c1cc(Br)cc2c1OCC2. The zero-order valence-electron chi connectivity index (χ0n) is 8.95. The highest BCUT2D eigenvalue weighted by molar-refractivity contribution is 9.10. The van der Waals surface area contributed by atoms with Crippen molar-refractivity contribution >= 4 is 38.9 Å². The van der Waals surface area contributed by atoms with E-state index in [1.54, 1.807) is 11.3 Å². The van der Waals surface area contributed by atoms with Crippen LogP contribution in [0.4, 0.5) is 0 Å². The first kappa shape index (κ1) is 11.6. The van der Waals surface area contributed by atoms with Crippen molar-refractivity contribution in [2.75, 3.05) is 6.61 Å². The van der Waals surface area contributed by atoms with Gasteiger partial charge in [0.15, 0.2) is 0 Å². The Labute approximate surface area is 118 Å². The number of halogens is 2. The molecule has 1 nitrogen and oxygen atoms in total. The molecule has 1 aliphatic rings. The molecule has 3 rings (SSSR count). The first-order valence-electron chi connectivity index (χ1n) is 5.38. The molecule has 4 heteroatoms. The molecule has 2 heterocycles. The number of hydrogen-bond acceptors (Lipinski definition) is 2. The van der Waals surface area contributed by atoms with Crippen LogP contribution in [0.15, 0.2) is 34.1 Å². The van der Waals surface area contributed by atoms with Crippen molar-refractivity contribution in [1.29, 1.82) is 0 Å². The van der Waals surface area contributed by atoms with Gasteiger partial charge < -0.3 is 4.74 Å². The van der Waals surface area contributed by atoms with Crippen LogP contribution in [0.2, 0.25) is 0 Å². The normalized spacial score (nSPS) is 15.4. The van der Waals surface area contributed by atoms with Crippen molar-refractivity contribution in [3.05, 3.63) is 50.1 Å². The number of alkyl halides is 1. The third-order valence-electron chi connectivity index (χ3n) is 2.84. The van der Waals surface area contributed by atoms with E-state index in [1.165, 1.54) is 5.56 Å². The van der Waals surface area contributed by atoms with E-state index < -0.39 is 0 Å². The molecule has 0 saturated carbocycles. The van der Waals surface area contributed by atoms with Gasteiger partial charge in [0.1, 0.15) is 5.75 Å². The van der Waals surface area contributed by atoms with Crippen LogP contribution in [0.5, 0.6) is 5.75 Å². The molecule has 0 aliphatic carbocycles. The van der Waals surface area contributed by atoms with Crippen LogP contribution in [0.1, 0.15) is 21.4 Å². The first-order chi connectivity index (χ1) is 8.25. The summed E-state index contributed by atoms with van der Waals surface area (Å²) in [5.74, 6) is 0.974. The predicted molar refractivity (Wildman–Crippen MR) is 75.4 cm³/mol. The summed E-state index contributed by atoms with van der Waals surface area (Å²) in [4.78, 5) is 1.16. The molecule has 17 heavy (non-hydrogen) atoms. The molecule has 0 spiro atoms. The summed E-state index contributed by atoms with van der Waals surface area (Å²) in [5.41, 5.74) is 2.31. The van der Waals surface area contributed by atoms with Crippen LogP contribution < -0.4 is 4.74 Å². The Bertz CT molecular complexity index is 539. The molecule has 0 N–H and O–H groups in total. The second kappa shape index (κ2) is 4.63. The summed E-state index contributed by atoms with van der Waals surface area (Å²) in [6.07, 6.45) is 0.968. The van der Waals surface area contributed by atoms with E-state index in [4.69, 9.17) is 16.3 Å². The van der Waals surface area contributed by atoms with Crippen molar-refractivity contribution < 1.29 is 4.74 Å². The Morgan fingerprint density at radius 2 is 2.29 bits per heavy atom. The number of fused-ring (bicyclic) bond motifs is 1. The first-order valence-corrected chi connectivity index (χ1v) is 7.49. The molecule has 0 saturated heterocycles. The van der Waals surface area contributed by atoms with Gasteiger partial charge in [-0.2, -0.15) is 0 Å². The third-order valence-corrected chi connectivity index (χ3v) is 4.84. The molecule has 1 unspecified atom stereocenters. The average Bonchev–Trinajstić information content (AvgIpc) is 2.97. The van der Waals surface area contributed by atoms with E-state index in [0.29, 0.717) is 0 Å². The molecule has 88 valence electrons. The predicted octanol–water partition coefficient (Wildman–Crippen LogP) is 4.77. The maximum Gasteiger partial charge on any atom is 0.127 e. The summed E-state index contributed by atoms with van der Waals surface area (Å²) >= 11 is 11.7. The van der Waals surface area contributed by atoms with Gasteiger partial charge in [-0.15, -0.1) is 22.9 Å². The summed E-state index contributed by atoms with van der Waals surface area (Å²) in [6.45, 7) is 0.757. The highest BCUT2D eigenvalue weighted by Gasteiger charge is 2.23. The van der Waals surface area contributed by atoms with E-state index in [0.717, 1.165) is 33.7 Å². The topological polar surface area (TPSA) is 9.23 Å². The molecule has 2 aromatic rings. The van der Waals surface area contributed by atoms with Gasteiger partial charge in [-0.3, -0.25) is 0 Å². The van der Waals surface area contributed by atoms with Crippen molar-refractivity contribution in [3.8, 4) is 5.75 Å². The second-order valence-corrected chi connectivity index (χ2v) is 6.29. The Morgan fingerprint density at radius 1 is 1.41 bits per heavy atom. The van der Waals surface area contributed by atoms with Crippen molar-refractivity contribution in [2.24, 2.45) is 0 Å². The highest BCUT2D eigenvalue weighted by atomic mass is 79.9. The molecule has 0 bridgehead atoms. The summed E-state index contributed by atoms with van der Waals surface area (Å²) < 4.78 is 6.77.